The van der Waals surface area contributed by atoms with Crippen LogP contribution in [0.15, 0.2) is 89.7 Å². The fourth-order valence-electron chi connectivity index (χ4n) is 5.69. The van der Waals surface area contributed by atoms with Gasteiger partial charge in [0.25, 0.3) is 0 Å². The number of aryl methyl sites for hydroxylation is 2. The van der Waals surface area contributed by atoms with Gasteiger partial charge < -0.3 is 31.1 Å². The highest BCUT2D eigenvalue weighted by Crippen LogP contribution is 2.48. The lowest BCUT2D eigenvalue weighted by molar-refractivity contribution is -0.142. The molecule has 0 spiro atoms. The Hall–Kier alpha value is -5.03. The van der Waals surface area contributed by atoms with E-state index in [0.717, 1.165) is 29.8 Å². The second kappa shape index (κ2) is 19.2. The molecule has 53 heavy (non-hydrogen) atoms. The fraction of sp³-hybridized carbons (Fsp3) is 0.297. The Morgan fingerprint density at radius 3 is 2.30 bits per heavy atom. The van der Waals surface area contributed by atoms with Crippen LogP contribution in [0.1, 0.15) is 41.8 Å². The Morgan fingerprint density at radius 2 is 1.70 bits per heavy atom. The summed E-state index contributed by atoms with van der Waals surface area (Å²) in [6.07, 6.45) is 2.35. The summed E-state index contributed by atoms with van der Waals surface area (Å²) >= 11 is 2.27. The summed E-state index contributed by atoms with van der Waals surface area (Å²) < 4.78 is 28.1. The first kappa shape index (κ1) is 40.7. The SMILES string of the molecule is CC(=O)Nc1nc(CC(=O)O)cs1.CCc1cccc(CNC[C@H](C(N)Cc2cc(F)cc(F)c2)[C@@](Sc2nncn2C)(C(=O)O)c2ccccc2)c1. The van der Waals surface area contributed by atoms with Crippen LogP contribution in [0.25, 0.3) is 0 Å². The van der Waals surface area contributed by atoms with Crippen molar-refractivity contribution in [3.05, 3.63) is 124 Å². The van der Waals surface area contributed by atoms with Crippen molar-refractivity contribution >= 4 is 46.1 Å². The molecule has 5 rings (SSSR count). The number of amides is 1. The van der Waals surface area contributed by atoms with E-state index in [0.29, 0.717) is 33.7 Å². The van der Waals surface area contributed by atoms with Crippen molar-refractivity contribution in [2.75, 3.05) is 11.9 Å². The van der Waals surface area contributed by atoms with E-state index < -0.39 is 40.3 Å². The quantitative estimate of drug-likeness (QED) is 0.0807. The molecule has 2 aromatic heterocycles. The Balaban J connectivity index is 0.000000407. The molecule has 16 heteroatoms. The number of nitrogens with one attached hydrogen (secondary N) is 2. The molecule has 5 aromatic rings. The summed E-state index contributed by atoms with van der Waals surface area (Å²) in [7, 11) is 1.74. The second-order valence-corrected chi connectivity index (χ2v) is 14.3. The van der Waals surface area contributed by atoms with E-state index in [1.54, 1.807) is 41.3 Å². The molecule has 3 aromatic carbocycles. The minimum atomic E-state index is -1.61. The number of hydrogen-bond donors (Lipinski definition) is 5. The molecule has 280 valence electrons. The molecule has 2 heterocycles. The van der Waals surface area contributed by atoms with E-state index in [9.17, 15) is 28.3 Å². The number of aromatic nitrogens is 4. The van der Waals surface area contributed by atoms with E-state index in [1.165, 1.54) is 42.3 Å². The van der Waals surface area contributed by atoms with Crippen LogP contribution in [0.3, 0.4) is 0 Å². The Morgan fingerprint density at radius 1 is 1.00 bits per heavy atom. The molecular weight excluding hydrogens is 725 g/mol. The number of benzene rings is 3. The summed E-state index contributed by atoms with van der Waals surface area (Å²) in [5.74, 6) is -4.42. The number of thioether (sulfide) groups is 1. The third-order valence-electron chi connectivity index (χ3n) is 8.14. The molecule has 0 fully saturated rings. The third-order valence-corrected chi connectivity index (χ3v) is 10.5. The number of rotatable bonds is 16. The first-order valence-corrected chi connectivity index (χ1v) is 18.2. The molecule has 3 atom stereocenters. The van der Waals surface area contributed by atoms with Gasteiger partial charge in [0, 0.05) is 50.5 Å². The number of carboxylic acid groups (broad SMARTS) is 2. The average molecular weight is 766 g/mol. The number of carboxylic acids is 2. The maximum atomic E-state index is 14.0. The zero-order valence-corrected chi connectivity index (χ0v) is 31.0. The second-order valence-electron chi connectivity index (χ2n) is 12.2. The average Bonchev–Trinajstić information content (AvgIpc) is 3.72. The van der Waals surface area contributed by atoms with Crippen LogP contribution in [-0.4, -0.2) is 60.4 Å². The topological polar surface area (TPSA) is 185 Å². The lowest BCUT2D eigenvalue weighted by Crippen LogP contribution is -2.53. The number of nitrogens with zero attached hydrogens (tertiary/aromatic N) is 4. The molecule has 1 amide bonds. The van der Waals surface area contributed by atoms with Gasteiger partial charge in [0.05, 0.1) is 12.1 Å². The number of aliphatic carboxylic acids is 2. The molecule has 0 aliphatic rings. The number of carbonyl (C=O) groups is 3. The lowest BCUT2D eigenvalue weighted by atomic mass is 9.78. The largest absolute Gasteiger partial charge is 0.481 e. The summed E-state index contributed by atoms with van der Waals surface area (Å²) in [6.45, 7) is 4.16. The molecule has 0 aliphatic heterocycles. The smallest absolute Gasteiger partial charge is 0.325 e. The number of nitrogens with two attached hydrogens (primary N) is 1. The number of hydrogen-bond acceptors (Lipinski definition) is 10. The van der Waals surface area contributed by atoms with Crippen LogP contribution in [0.5, 0.6) is 0 Å². The monoisotopic (exact) mass is 765 g/mol. The Labute approximate surface area is 313 Å². The highest BCUT2D eigenvalue weighted by atomic mass is 32.2. The Bertz CT molecular complexity index is 1940. The van der Waals surface area contributed by atoms with Crippen LogP contribution >= 0.6 is 23.1 Å². The van der Waals surface area contributed by atoms with Gasteiger partial charge in [-0.1, -0.05) is 73.3 Å². The zero-order chi connectivity index (χ0) is 38.5. The molecule has 1 unspecified atom stereocenters. The maximum absolute atomic E-state index is 14.0. The van der Waals surface area contributed by atoms with Gasteiger partial charge in [-0.15, -0.1) is 21.5 Å². The normalized spacial score (nSPS) is 13.2. The van der Waals surface area contributed by atoms with Crippen molar-refractivity contribution in [2.45, 2.75) is 55.6 Å². The summed E-state index contributed by atoms with van der Waals surface area (Å²) in [5.41, 5.74) is 10.4. The number of thiazole rings is 1. The molecule has 0 saturated carbocycles. The third kappa shape index (κ3) is 11.5. The van der Waals surface area contributed by atoms with E-state index in [4.69, 9.17) is 10.8 Å². The summed E-state index contributed by atoms with van der Waals surface area (Å²) in [6, 6.07) is 19.5. The summed E-state index contributed by atoms with van der Waals surface area (Å²) in [4.78, 5) is 38.2. The van der Waals surface area contributed by atoms with Gasteiger partial charge in [0.2, 0.25) is 5.91 Å². The van der Waals surface area contributed by atoms with Gasteiger partial charge in [-0.25, -0.2) is 13.8 Å². The molecular formula is C37H41F2N7O5S2. The predicted molar refractivity (Wildman–Crippen MR) is 199 cm³/mol. The van der Waals surface area contributed by atoms with Crippen LogP contribution < -0.4 is 16.4 Å². The molecule has 6 N–H and O–H groups in total. The van der Waals surface area contributed by atoms with Gasteiger partial charge in [-0.05, 0) is 47.2 Å². The van der Waals surface area contributed by atoms with E-state index in [2.05, 4.69) is 44.9 Å². The Kier molecular flexibility index (Phi) is 14.7. The molecule has 0 bridgehead atoms. The van der Waals surface area contributed by atoms with Crippen LogP contribution in [-0.2, 0) is 52.0 Å². The van der Waals surface area contributed by atoms with Crippen molar-refractivity contribution < 1.29 is 33.4 Å². The van der Waals surface area contributed by atoms with Gasteiger partial charge in [-0.2, -0.15) is 0 Å². The first-order valence-electron chi connectivity index (χ1n) is 16.6. The van der Waals surface area contributed by atoms with Gasteiger partial charge in [-0.3, -0.25) is 14.4 Å². The minimum absolute atomic E-state index is 0.0631. The van der Waals surface area contributed by atoms with E-state index in [1.807, 2.05) is 18.2 Å². The molecule has 0 radical (unpaired) electrons. The van der Waals surface area contributed by atoms with Gasteiger partial charge in [0.1, 0.15) is 18.0 Å². The summed E-state index contributed by atoms with van der Waals surface area (Å²) in [5, 5.41) is 35.8. The highest BCUT2D eigenvalue weighted by Gasteiger charge is 2.51. The van der Waals surface area contributed by atoms with E-state index >= 15 is 0 Å². The first-order chi connectivity index (χ1) is 25.3. The number of halogens is 2. The fourth-order valence-corrected chi connectivity index (χ4v) is 7.77. The van der Waals surface area contributed by atoms with Crippen LogP contribution in [0.4, 0.5) is 13.9 Å². The number of anilines is 1. The van der Waals surface area contributed by atoms with Crippen molar-refractivity contribution in [1.29, 1.82) is 0 Å². The predicted octanol–water partition coefficient (Wildman–Crippen LogP) is 5.43. The van der Waals surface area contributed by atoms with Crippen molar-refractivity contribution in [2.24, 2.45) is 18.7 Å². The molecule has 12 nitrogen and oxygen atoms in total. The van der Waals surface area contributed by atoms with Crippen LogP contribution in [0.2, 0.25) is 0 Å². The van der Waals surface area contributed by atoms with Gasteiger partial charge >= 0.3 is 11.9 Å². The van der Waals surface area contributed by atoms with Crippen molar-refractivity contribution in [1.82, 2.24) is 25.1 Å². The highest BCUT2D eigenvalue weighted by molar-refractivity contribution is 8.00. The van der Waals surface area contributed by atoms with Crippen molar-refractivity contribution in [3.8, 4) is 0 Å². The maximum Gasteiger partial charge on any atom is 0.325 e. The van der Waals surface area contributed by atoms with Crippen LogP contribution in [0, 0.1) is 17.6 Å². The lowest BCUT2D eigenvalue weighted by Gasteiger charge is -2.40. The minimum Gasteiger partial charge on any atom is -0.481 e. The standard InChI is InChI=1S/C30H33F2N5O2S.C7H8N2O3S/c1-3-20-8-7-9-21(12-20)17-34-18-26(27(33)15-22-13-24(31)16-25(32)14-22)30(28(38)39,23-10-5-4-6-11-23)40-29-36-35-19-37(29)2;1-4(10)8-7-9-5(3-13-7)2-6(11)12/h4-14,16,19,26-27,34H,3,15,17-18,33H2,1-2H3,(H,38,39);3H,2H2,1H3,(H,11,12)(H,8,9,10)/t26-,27?,30-;/m1./s1. The zero-order valence-electron chi connectivity index (χ0n) is 29.3. The van der Waals surface area contributed by atoms with Gasteiger partial charge in [0.15, 0.2) is 15.0 Å². The molecule has 0 aliphatic carbocycles. The van der Waals surface area contributed by atoms with E-state index in [-0.39, 0.29) is 25.3 Å². The van der Waals surface area contributed by atoms with Crippen molar-refractivity contribution in [3.63, 3.8) is 0 Å². The molecule has 0 saturated heterocycles. The number of carbonyl (C=O) groups excluding carboxylic acids is 1.